The molecule has 0 saturated carbocycles. The molecule has 1 unspecified atom stereocenters. The zero-order chi connectivity index (χ0) is 25.3. The first kappa shape index (κ1) is 25.4. The lowest BCUT2D eigenvalue weighted by Crippen LogP contribution is -2.34. The SMILES string of the molecule is COc1ccccc1OCCN(C)C(=O)c1csc(Nc2cccc(C3CCCN(CC#N)C3)n2)n1. The molecule has 0 aliphatic carbocycles. The summed E-state index contributed by atoms with van der Waals surface area (Å²) in [7, 11) is 3.32. The molecule has 1 fully saturated rings. The number of para-hydroxylation sites is 2. The largest absolute Gasteiger partial charge is 0.493 e. The second kappa shape index (κ2) is 12.3. The predicted octanol–water partition coefficient (Wildman–Crippen LogP) is 4.14. The molecule has 3 heterocycles. The molecule has 2 aromatic heterocycles. The number of hydrogen-bond donors (Lipinski definition) is 1. The minimum absolute atomic E-state index is 0.176. The highest BCUT2D eigenvalue weighted by Gasteiger charge is 2.22. The number of carbonyl (C=O) groups excluding carboxylic acids is 1. The van der Waals surface area contributed by atoms with E-state index in [4.69, 9.17) is 19.7 Å². The van der Waals surface area contributed by atoms with Gasteiger partial charge in [-0.2, -0.15) is 5.26 Å². The van der Waals surface area contributed by atoms with Gasteiger partial charge >= 0.3 is 0 Å². The lowest BCUT2D eigenvalue weighted by Gasteiger charge is -2.30. The average Bonchev–Trinajstić information content (AvgIpc) is 3.37. The van der Waals surface area contributed by atoms with E-state index in [0.717, 1.165) is 31.6 Å². The van der Waals surface area contributed by atoms with Crippen molar-refractivity contribution in [1.82, 2.24) is 19.8 Å². The Morgan fingerprint density at radius 2 is 2.08 bits per heavy atom. The number of benzene rings is 1. The number of aromatic nitrogens is 2. The Hall–Kier alpha value is -3.68. The number of nitrogens with zero attached hydrogens (tertiary/aromatic N) is 5. The number of ether oxygens (including phenoxy) is 2. The van der Waals surface area contributed by atoms with Gasteiger partial charge in [0.1, 0.15) is 18.1 Å². The Kier molecular flexibility index (Phi) is 8.71. The topological polar surface area (TPSA) is 104 Å². The molecule has 36 heavy (non-hydrogen) atoms. The van der Waals surface area contributed by atoms with Gasteiger partial charge in [0.05, 0.1) is 26.3 Å². The van der Waals surface area contributed by atoms with Gasteiger partial charge in [-0.15, -0.1) is 11.3 Å². The van der Waals surface area contributed by atoms with Crippen molar-refractivity contribution < 1.29 is 14.3 Å². The maximum Gasteiger partial charge on any atom is 0.273 e. The molecule has 1 N–H and O–H groups in total. The zero-order valence-electron chi connectivity index (χ0n) is 20.5. The number of thiazole rings is 1. The van der Waals surface area contributed by atoms with Crippen molar-refractivity contribution in [3.63, 3.8) is 0 Å². The fourth-order valence-corrected chi connectivity index (χ4v) is 4.85. The van der Waals surface area contributed by atoms with E-state index in [1.54, 1.807) is 24.4 Å². The van der Waals surface area contributed by atoms with Crippen LogP contribution in [0.25, 0.3) is 0 Å². The fraction of sp³-hybridized carbons (Fsp3) is 0.385. The Morgan fingerprint density at radius 1 is 1.25 bits per heavy atom. The number of amides is 1. The molecule has 3 aromatic rings. The van der Waals surface area contributed by atoms with Crippen molar-refractivity contribution in [3.05, 3.63) is 59.2 Å². The van der Waals surface area contributed by atoms with Crippen molar-refractivity contribution in [1.29, 1.82) is 5.26 Å². The number of likely N-dealkylation sites (tertiary alicyclic amines) is 1. The Balaban J connectivity index is 1.32. The number of likely N-dealkylation sites (N-methyl/N-ethyl adjacent to an activating group) is 1. The molecular weight excluding hydrogens is 476 g/mol. The molecule has 9 nitrogen and oxygen atoms in total. The van der Waals surface area contributed by atoms with Crippen molar-refractivity contribution in [3.8, 4) is 17.6 Å². The van der Waals surface area contributed by atoms with Crippen LogP contribution in [0.3, 0.4) is 0 Å². The van der Waals surface area contributed by atoms with Gasteiger partial charge in [0, 0.05) is 30.6 Å². The van der Waals surface area contributed by atoms with Crippen LogP contribution in [0.1, 0.15) is 34.9 Å². The quantitative estimate of drug-likeness (QED) is 0.409. The van der Waals surface area contributed by atoms with Crippen LogP contribution in [0.15, 0.2) is 47.8 Å². The van der Waals surface area contributed by atoms with Gasteiger partial charge in [-0.05, 0) is 43.7 Å². The van der Waals surface area contributed by atoms with Crippen LogP contribution in [-0.2, 0) is 0 Å². The maximum absolute atomic E-state index is 12.8. The minimum atomic E-state index is -0.176. The van der Waals surface area contributed by atoms with Gasteiger partial charge in [0.2, 0.25) is 0 Å². The summed E-state index contributed by atoms with van der Waals surface area (Å²) >= 11 is 1.36. The summed E-state index contributed by atoms with van der Waals surface area (Å²) in [4.78, 5) is 25.9. The maximum atomic E-state index is 12.8. The molecule has 0 radical (unpaired) electrons. The average molecular weight is 507 g/mol. The molecule has 1 aliphatic heterocycles. The van der Waals surface area contributed by atoms with Crippen LogP contribution in [-0.4, -0.2) is 72.6 Å². The first-order valence-electron chi connectivity index (χ1n) is 11.9. The van der Waals surface area contributed by atoms with Gasteiger partial charge in [-0.25, -0.2) is 9.97 Å². The van der Waals surface area contributed by atoms with Gasteiger partial charge in [0.25, 0.3) is 5.91 Å². The third-order valence-corrected chi connectivity index (χ3v) is 6.80. The predicted molar refractivity (Wildman–Crippen MR) is 139 cm³/mol. The van der Waals surface area contributed by atoms with Crippen LogP contribution >= 0.6 is 11.3 Å². The lowest BCUT2D eigenvalue weighted by atomic mass is 9.94. The summed E-state index contributed by atoms with van der Waals surface area (Å²) in [5.74, 6) is 2.11. The monoisotopic (exact) mass is 506 g/mol. The van der Waals surface area contributed by atoms with Crippen LogP contribution in [0, 0.1) is 11.3 Å². The number of hydrogen-bond acceptors (Lipinski definition) is 9. The van der Waals surface area contributed by atoms with Gasteiger partial charge in [-0.1, -0.05) is 18.2 Å². The number of nitrogens with one attached hydrogen (secondary N) is 1. The van der Waals surface area contributed by atoms with E-state index in [1.165, 1.54) is 11.3 Å². The first-order chi connectivity index (χ1) is 17.6. The van der Waals surface area contributed by atoms with E-state index >= 15 is 0 Å². The number of nitriles is 1. The summed E-state index contributed by atoms with van der Waals surface area (Å²) in [6, 6.07) is 15.6. The zero-order valence-corrected chi connectivity index (χ0v) is 21.3. The van der Waals surface area contributed by atoms with Crippen LogP contribution in [0.2, 0.25) is 0 Å². The molecule has 1 aromatic carbocycles. The van der Waals surface area contributed by atoms with Crippen molar-refractivity contribution in [2.45, 2.75) is 18.8 Å². The lowest BCUT2D eigenvalue weighted by molar-refractivity contribution is 0.0768. The normalized spacial score (nSPS) is 15.6. The summed E-state index contributed by atoms with van der Waals surface area (Å²) in [6.45, 7) is 2.99. The van der Waals surface area contributed by atoms with Crippen molar-refractivity contribution >= 4 is 28.2 Å². The van der Waals surface area contributed by atoms with Gasteiger partial charge in [0.15, 0.2) is 16.6 Å². The number of piperidine rings is 1. The highest BCUT2D eigenvalue weighted by molar-refractivity contribution is 7.14. The molecule has 0 spiro atoms. The molecule has 188 valence electrons. The molecule has 1 atom stereocenters. The van der Waals surface area contributed by atoms with E-state index in [-0.39, 0.29) is 5.91 Å². The highest BCUT2D eigenvalue weighted by atomic mass is 32.1. The Morgan fingerprint density at radius 3 is 2.89 bits per heavy atom. The van der Waals surface area contributed by atoms with Crippen LogP contribution in [0.4, 0.5) is 10.9 Å². The smallest absolute Gasteiger partial charge is 0.273 e. The Labute approximate surface area is 215 Å². The number of pyridine rings is 1. The molecule has 0 bridgehead atoms. The van der Waals surface area contributed by atoms with Crippen molar-refractivity contribution in [2.75, 3.05) is 52.3 Å². The van der Waals surface area contributed by atoms with E-state index in [0.29, 0.717) is 53.8 Å². The molecular formula is C26H30N6O3S. The van der Waals surface area contributed by atoms with Crippen LogP contribution < -0.4 is 14.8 Å². The Bertz CT molecular complexity index is 1210. The molecule has 1 aliphatic rings. The number of carbonyl (C=O) groups is 1. The van der Waals surface area contributed by atoms with E-state index in [9.17, 15) is 4.79 Å². The number of rotatable bonds is 10. The minimum Gasteiger partial charge on any atom is -0.493 e. The number of methoxy groups -OCH3 is 1. The summed E-state index contributed by atoms with van der Waals surface area (Å²) < 4.78 is 11.1. The van der Waals surface area contributed by atoms with E-state index in [1.807, 2.05) is 42.5 Å². The van der Waals surface area contributed by atoms with Crippen molar-refractivity contribution in [2.24, 2.45) is 0 Å². The molecule has 1 amide bonds. The highest BCUT2D eigenvalue weighted by Crippen LogP contribution is 2.28. The molecule has 10 heteroatoms. The third-order valence-electron chi connectivity index (χ3n) is 6.05. The summed E-state index contributed by atoms with van der Waals surface area (Å²) in [5.41, 5.74) is 1.38. The van der Waals surface area contributed by atoms with Gasteiger partial charge in [-0.3, -0.25) is 9.69 Å². The van der Waals surface area contributed by atoms with Crippen LogP contribution in [0.5, 0.6) is 11.5 Å². The van der Waals surface area contributed by atoms with Gasteiger partial charge < -0.3 is 19.7 Å². The standard InChI is InChI=1S/C26H30N6O3S/c1-31(15-16-35-23-10-4-3-9-22(23)34-2)25(33)21-18-36-26(29-21)30-24-11-5-8-20(28-24)19-7-6-13-32(17-19)14-12-27/h3-5,8-11,18-19H,6-7,13-17H2,1-2H3,(H,28,29,30). The fourth-order valence-electron chi connectivity index (χ4n) is 4.16. The second-order valence-corrected chi connectivity index (χ2v) is 9.43. The first-order valence-corrected chi connectivity index (χ1v) is 12.8. The third kappa shape index (κ3) is 6.50. The van der Waals surface area contributed by atoms with E-state index < -0.39 is 0 Å². The summed E-state index contributed by atoms with van der Waals surface area (Å²) in [5, 5.41) is 14.6. The van der Waals surface area contributed by atoms with E-state index in [2.05, 4.69) is 21.3 Å². The molecule has 4 rings (SSSR count). The second-order valence-electron chi connectivity index (χ2n) is 8.57. The summed E-state index contributed by atoms with van der Waals surface area (Å²) in [6.07, 6.45) is 2.11. The number of anilines is 2. The molecule has 1 saturated heterocycles.